The Hall–Kier alpha value is -1.06. The second-order valence-electron chi connectivity index (χ2n) is 4.48. The highest BCUT2D eigenvalue weighted by molar-refractivity contribution is 5.29. The van der Waals surface area contributed by atoms with Gasteiger partial charge in [0, 0.05) is 18.4 Å². The van der Waals surface area contributed by atoms with Crippen molar-refractivity contribution in [2.45, 2.75) is 18.9 Å². The Labute approximate surface area is 97.2 Å². The molecular weight excluding hydrogens is 200 g/mol. The monoisotopic (exact) mass is 222 g/mol. The van der Waals surface area contributed by atoms with E-state index in [0.29, 0.717) is 6.04 Å². The number of methoxy groups -OCH3 is 1. The molecule has 1 saturated heterocycles. The molecule has 0 unspecified atom stereocenters. The van der Waals surface area contributed by atoms with Crippen LogP contribution in [0.1, 0.15) is 24.4 Å². The van der Waals surface area contributed by atoms with Crippen LogP contribution in [0.3, 0.4) is 0 Å². The molecule has 0 radical (unpaired) electrons. The van der Waals surface area contributed by atoms with E-state index in [0.717, 1.165) is 12.3 Å². The molecule has 1 fully saturated rings. The van der Waals surface area contributed by atoms with Gasteiger partial charge in [-0.05, 0) is 12.1 Å². The lowest BCUT2D eigenvalue weighted by atomic mass is 10.1. The van der Waals surface area contributed by atoms with Crippen LogP contribution in [0.4, 0.5) is 0 Å². The Kier molecular flexibility index (Phi) is 3.80. The average Bonchev–Trinajstić information content (AvgIpc) is 2.84. The van der Waals surface area contributed by atoms with E-state index >= 15 is 0 Å². The first kappa shape index (κ1) is 11.4. The van der Waals surface area contributed by atoms with Gasteiger partial charge in [-0.2, -0.15) is 0 Å². The molecule has 1 aliphatic heterocycles. The molecule has 4 N–H and O–H groups in total. The molecular formula is C13H22N2O+2. The molecule has 0 saturated carbocycles. The maximum absolute atomic E-state index is 5.28. The number of hydrogen-bond acceptors (Lipinski definition) is 1. The normalized spacial score (nSPS) is 18.6. The van der Waals surface area contributed by atoms with Crippen LogP contribution in [0.2, 0.25) is 0 Å². The highest BCUT2D eigenvalue weighted by Crippen LogP contribution is 2.17. The maximum Gasteiger partial charge on any atom is 0.163 e. The van der Waals surface area contributed by atoms with Gasteiger partial charge in [-0.3, -0.25) is 0 Å². The van der Waals surface area contributed by atoms with Crippen molar-refractivity contribution in [3.63, 3.8) is 0 Å². The lowest BCUT2D eigenvalue weighted by Crippen LogP contribution is -3.11. The van der Waals surface area contributed by atoms with E-state index in [-0.39, 0.29) is 0 Å². The molecule has 0 spiro atoms. The van der Waals surface area contributed by atoms with Crippen LogP contribution in [-0.2, 0) is 0 Å². The number of rotatable bonds is 4. The number of benzene rings is 1. The standard InChI is InChI=1S/C13H20N2O/c1-16-12-6-4-5-11(9-12)13(10-14)15-7-2-3-8-15/h4-6,9,13H,2-3,7-8,10,14H2,1H3/p+2/t13-/m1/s1. The summed E-state index contributed by atoms with van der Waals surface area (Å²) in [5, 5.41) is 0. The summed E-state index contributed by atoms with van der Waals surface area (Å²) < 4.78 is 5.28. The minimum atomic E-state index is 0.539. The fraction of sp³-hybridized carbons (Fsp3) is 0.538. The second kappa shape index (κ2) is 5.32. The Bertz CT molecular complexity index is 334. The number of nitrogens with one attached hydrogen (secondary N) is 1. The summed E-state index contributed by atoms with van der Waals surface area (Å²) in [6.07, 6.45) is 2.71. The van der Waals surface area contributed by atoms with Gasteiger partial charge >= 0.3 is 0 Å². The van der Waals surface area contributed by atoms with Gasteiger partial charge in [0.1, 0.15) is 12.3 Å². The number of ether oxygens (including phenoxy) is 1. The lowest BCUT2D eigenvalue weighted by Gasteiger charge is -2.22. The zero-order chi connectivity index (χ0) is 11.4. The first-order chi connectivity index (χ1) is 7.85. The second-order valence-corrected chi connectivity index (χ2v) is 4.48. The Morgan fingerprint density at radius 2 is 2.12 bits per heavy atom. The fourth-order valence-corrected chi connectivity index (χ4v) is 2.64. The molecule has 0 aliphatic carbocycles. The van der Waals surface area contributed by atoms with Crippen molar-refractivity contribution in [2.24, 2.45) is 0 Å². The van der Waals surface area contributed by atoms with E-state index in [1.165, 1.54) is 31.5 Å². The summed E-state index contributed by atoms with van der Waals surface area (Å²) >= 11 is 0. The molecule has 88 valence electrons. The Balaban J connectivity index is 2.18. The van der Waals surface area contributed by atoms with E-state index in [4.69, 9.17) is 4.74 Å². The lowest BCUT2D eigenvalue weighted by molar-refractivity contribution is -0.926. The summed E-state index contributed by atoms with van der Waals surface area (Å²) in [6.45, 7) is 3.54. The molecule has 0 bridgehead atoms. The van der Waals surface area contributed by atoms with E-state index in [1.54, 1.807) is 12.0 Å². The average molecular weight is 222 g/mol. The molecule has 0 amide bonds. The molecule has 0 aromatic heterocycles. The largest absolute Gasteiger partial charge is 0.497 e. The molecule has 16 heavy (non-hydrogen) atoms. The first-order valence-corrected chi connectivity index (χ1v) is 6.13. The van der Waals surface area contributed by atoms with Crippen LogP contribution >= 0.6 is 0 Å². The summed E-state index contributed by atoms with van der Waals surface area (Å²) in [7, 11) is 1.72. The van der Waals surface area contributed by atoms with Crippen LogP contribution in [0, 0.1) is 0 Å². The number of hydrogen-bond donors (Lipinski definition) is 2. The molecule has 1 aromatic carbocycles. The minimum absolute atomic E-state index is 0.539. The van der Waals surface area contributed by atoms with Crippen molar-refractivity contribution < 1.29 is 15.4 Å². The first-order valence-electron chi connectivity index (χ1n) is 6.13. The smallest absolute Gasteiger partial charge is 0.163 e. The van der Waals surface area contributed by atoms with Crippen LogP contribution in [0.25, 0.3) is 0 Å². The molecule has 3 heteroatoms. The minimum Gasteiger partial charge on any atom is -0.497 e. The predicted octanol–water partition coefficient (Wildman–Crippen LogP) is -0.343. The van der Waals surface area contributed by atoms with Gasteiger partial charge in [-0.1, -0.05) is 12.1 Å². The van der Waals surface area contributed by atoms with Gasteiger partial charge in [0.05, 0.1) is 20.2 Å². The van der Waals surface area contributed by atoms with Crippen LogP contribution in [-0.4, -0.2) is 26.7 Å². The van der Waals surface area contributed by atoms with Crippen LogP contribution < -0.4 is 15.4 Å². The fourth-order valence-electron chi connectivity index (χ4n) is 2.64. The van der Waals surface area contributed by atoms with Crippen molar-refractivity contribution in [3.05, 3.63) is 29.8 Å². The summed E-state index contributed by atoms with van der Waals surface area (Å²) in [5.74, 6) is 0.953. The molecule has 1 heterocycles. The van der Waals surface area contributed by atoms with Gasteiger partial charge in [-0.15, -0.1) is 0 Å². The van der Waals surface area contributed by atoms with Crippen LogP contribution in [0.5, 0.6) is 5.75 Å². The predicted molar refractivity (Wildman–Crippen MR) is 63.4 cm³/mol. The van der Waals surface area contributed by atoms with E-state index in [2.05, 4.69) is 23.9 Å². The van der Waals surface area contributed by atoms with Crippen molar-refractivity contribution in [1.82, 2.24) is 0 Å². The third-order valence-electron chi connectivity index (χ3n) is 3.52. The zero-order valence-corrected chi connectivity index (χ0v) is 10.0. The quantitative estimate of drug-likeness (QED) is 0.719. The Morgan fingerprint density at radius 1 is 1.38 bits per heavy atom. The van der Waals surface area contributed by atoms with Gasteiger partial charge in [0.25, 0.3) is 0 Å². The van der Waals surface area contributed by atoms with Crippen LogP contribution in [0.15, 0.2) is 24.3 Å². The third kappa shape index (κ3) is 2.36. The van der Waals surface area contributed by atoms with Gasteiger partial charge in [0.2, 0.25) is 0 Å². The molecule has 2 rings (SSSR count). The number of quaternary nitrogens is 2. The van der Waals surface area contributed by atoms with Crippen molar-refractivity contribution >= 4 is 0 Å². The van der Waals surface area contributed by atoms with Crippen molar-refractivity contribution in [1.29, 1.82) is 0 Å². The Morgan fingerprint density at radius 3 is 2.75 bits per heavy atom. The van der Waals surface area contributed by atoms with Crippen molar-refractivity contribution in [3.8, 4) is 5.75 Å². The number of likely N-dealkylation sites (tertiary alicyclic amines) is 1. The van der Waals surface area contributed by atoms with Gasteiger partial charge in [0.15, 0.2) is 6.04 Å². The zero-order valence-electron chi connectivity index (χ0n) is 10.0. The summed E-state index contributed by atoms with van der Waals surface area (Å²) in [4.78, 5) is 1.68. The molecule has 1 aromatic rings. The van der Waals surface area contributed by atoms with E-state index < -0.39 is 0 Å². The third-order valence-corrected chi connectivity index (χ3v) is 3.52. The molecule has 1 aliphatic rings. The summed E-state index contributed by atoms with van der Waals surface area (Å²) in [6, 6.07) is 8.97. The van der Waals surface area contributed by atoms with E-state index in [9.17, 15) is 0 Å². The topological polar surface area (TPSA) is 41.3 Å². The summed E-state index contributed by atoms with van der Waals surface area (Å²) in [5.41, 5.74) is 5.47. The van der Waals surface area contributed by atoms with Crippen molar-refractivity contribution in [2.75, 3.05) is 26.7 Å². The van der Waals surface area contributed by atoms with Gasteiger partial charge < -0.3 is 15.4 Å². The SMILES string of the molecule is COc1cccc([C@@H](C[NH3+])[NH+]2CCCC2)c1. The van der Waals surface area contributed by atoms with Gasteiger partial charge in [-0.25, -0.2) is 0 Å². The molecule has 3 nitrogen and oxygen atoms in total. The molecule has 1 atom stereocenters. The van der Waals surface area contributed by atoms with E-state index in [1.807, 2.05) is 6.07 Å². The highest BCUT2D eigenvalue weighted by Gasteiger charge is 2.27. The highest BCUT2D eigenvalue weighted by atomic mass is 16.5. The maximum atomic E-state index is 5.28.